The summed E-state index contributed by atoms with van der Waals surface area (Å²) in [5.74, 6) is 1.69. The van der Waals surface area contributed by atoms with Crippen molar-refractivity contribution in [3.8, 4) is 0 Å². The molecule has 0 spiro atoms. The fourth-order valence-electron chi connectivity index (χ4n) is 1.19. The van der Waals surface area contributed by atoms with E-state index in [1.807, 2.05) is 14.0 Å². The second kappa shape index (κ2) is 6.85. The minimum Gasteiger partial charge on any atom is -0.416 e. The van der Waals surface area contributed by atoms with Crippen LogP contribution in [0.2, 0.25) is 0 Å². The van der Waals surface area contributed by atoms with Gasteiger partial charge in [0.15, 0.2) is 0 Å². The third kappa shape index (κ3) is 5.18. The van der Waals surface area contributed by atoms with Crippen molar-refractivity contribution in [2.75, 3.05) is 12.8 Å². The minimum atomic E-state index is 0.612. The van der Waals surface area contributed by atoms with Crippen LogP contribution in [-0.4, -0.2) is 29.0 Å². The van der Waals surface area contributed by atoms with Crippen molar-refractivity contribution in [1.82, 2.24) is 15.5 Å². The largest absolute Gasteiger partial charge is 0.416 e. The number of unbranched alkanes of at least 4 members (excludes halogenated alkanes) is 1. The highest BCUT2D eigenvalue weighted by atomic mass is 32.2. The zero-order valence-corrected chi connectivity index (χ0v) is 10.4. The molecule has 1 unspecified atom stereocenters. The zero-order chi connectivity index (χ0) is 11.1. The number of hydrogen-bond donors (Lipinski definition) is 1. The molecule has 0 bridgehead atoms. The lowest BCUT2D eigenvalue weighted by Gasteiger charge is -2.08. The van der Waals surface area contributed by atoms with E-state index in [9.17, 15) is 0 Å². The van der Waals surface area contributed by atoms with E-state index in [-0.39, 0.29) is 0 Å². The third-order valence-electron chi connectivity index (χ3n) is 2.26. The van der Waals surface area contributed by atoms with Gasteiger partial charge in [-0.1, -0.05) is 18.2 Å². The first-order chi connectivity index (χ1) is 7.22. The second-order valence-corrected chi connectivity index (χ2v) is 4.67. The van der Waals surface area contributed by atoms with Crippen molar-refractivity contribution in [3.63, 3.8) is 0 Å². The Bertz CT molecular complexity index is 277. The first-order valence-corrected chi connectivity index (χ1v) is 6.31. The lowest BCUT2D eigenvalue weighted by molar-refractivity contribution is 0.429. The number of aryl methyl sites for hydroxylation is 1. The summed E-state index contributed by atoms with van der Waals surface area (Å²) in [4.78, 5) is 0. The molecule has 1 N–H and O–H groups in total. The normalized spacial score (nSPS) is 13.0. The summed E-state index contributed by atoms with van der Waals surface area (Å²) in [6, 6.07) is 0.612. The monoisotopic (exact) mass is 229 g/mol. The molecule has 4 nitrogen and oxygen atoms in total. The van der Waals surface area contributed by atoms with Gasteiger partial charge in [0.05, 0.1) is 0 Å². The molecule has 1 aromatic heterocycles. The summed E-state index contributed by atoms with van der Waals surface area (Å²) in [5.41, 5.74) is 0. The van der Waals surface area contributed by atoms with E-state index in [0.717, 1.165) is 5.75 Å². The molecule has 0 aliphatic heterocycles. The van der Waals surface area contributed by atoms with Gasteiger partial charge in [-0.05, 0) is 26.8 Å². The maximum Gasteiger partial charge on any atom is 0.276 e. The third-order valence-corrected chi connectivity index (χ3v) is 3.16. The molecule has 1 atom stereocenters. The fourth-order valence-corrected chi connectivity index (χ4v) is 1.99. The predicted molar refractivity (Wildman–Crippen MR) is 62.1 cm³/mol. The van der Waals surface area contributed by atoms with Gasteiger partial charge in [-0.3, -0.25) is 0 Å². The molecule has 0 radical (unpaired) electrons. The Labute approximate surface area is 95.2 Å². The molecule has 0 fully saturated rings. The van der Waals surface area contributed by atoms with E-state index < -0.39 is 0 Å². The van der Waals surface area contributed by atoms with Crippen LogP contribution < -0.4 is 5.32 Å². The molecule has 86 valence electrons. The Hall–Kier alpha value is -0.550. The van der Waals surface area contributed by atoms with Gasteiger partial charge in [0.1, 0.15) is 0 Å². The molecule has 0 aromatic carbocycles. The van der Waals surface area contributed by atoms with Crippen molar-refractivity contribution in [2.45, 2.75) is 44.4 Å². The van der Waals surface area contributed by atoms with Crippen LogP contribution in [0.1, 0.15) is 32.1 Å². The van der Waals surface area contributed by atoms with Crippen LogP contribution in [0.25, 0.3) is 0 Å². The highest BCUT2D eigenvalue weighted by molar-refractivity contribution is 7.99. The molecule has 0 saturated carbocycles. The molecule has 5 heteroatoms. The Balaban J connectivity index is 2.02. The summed E-state index contributed by atoms with van der Waals surface area (Å²) in [7, 11) is 2.00. The van der Waals surface area contributed by atoms with Gasteiger partial charge in [0, 0.05) is 18.7 Å². The topological polar surface area (TPSA) is 51.0 Å². The molecule has 15 heavy (non-hydrogen) atoms. The van der Waals surface area contributed by atoms with Crippen molar-refractivity contribution in [3.05, 3.63) is 5.89 Å². The van der Waals surface area contributed by atoms with Crippen LogP contribution >= 0.6 is 11.8 Å². The highest BCUT2D eigenvalue weighted by Crippen LogP contribution is 2.17. The molecule has 0 amide bonds. The Kier molecular flexibility index (Phi) is 5.71. The Morgan fingerprint density at radius 2 is 2.20 bits per heavy atom. The molecule has 0 aliphatic rings. The van der Waals surface area contributed by atoms with Gasteiger partial charge < -0.3 is 9.73 Å². The average Bonchev–Trinajstić information content (AvgIpc) is 2.63. The van der Waals surface area contributed by atoms with Gasteiger partial charge in [-0.15, -0.1) is 10.2 Å². The van der Waals surface area contributed by atoms with Gasteiger partial charge in [0.25, 0.3) is 5.22 Å². The Morgan fingerprint density at radius 1 is 1.40 bits per heavy atom. The minimum absolute atomic E-state index is 0.612. The molecule has 1 aromatic rings. The van der Waals surface area contributed by atoms with Gasteiger partial charge in [-0.2, -0.15) is 0 Å². The van der Waals surface area contributed by atoms with Crippen molar-refractivity contribution >= 4 is 11.8 Å². The molecular formula is C10H19N3OS. The molecular weight excluding hydrogens is 210 g/mol. The number of thioether (sulfide) groups is 1. The van der Waals surface area contributed by atoms with E-state index in [1.165, 1.54) is 19.3 Å². The first-order valence-electron chi connectivity index (χ1n) is 5.32. The van der Waals surface area contributed by atoms with Crippen LogP contribution in [0.4, 0.5) is 0 Å². The number of hydrogen-bond acceptors (Lipinski definition) is 5. The lowest BCUT2D eigenvalue weighted by atomic mass is 10.1. The standard InChI is InChI=1S/C10H19N3OS/c1-8(11-3)6-4-5-7-15-10-13-12-9(2)14-10/h8,11H,4-7H2,1-3H3. The molecule has 1 heterocycles. The van der Waals surface area contributed by atoms with Gasteiger partial charge >= 0.3 is 0 Å². The van der Waals surface area contributed by atoms with Crippen LogP contribution in [0.3, 0.4) is 0 Å². The van der Waals surface area contributed by atoms with Crippen LogP contribution in [0.15, 0.2) is 9.64 Å². The van der Waals surface area contributed by atoms with Crippen molar-refractivity contribution < 1.29 is 4.42 Å². The maximum atomic E-state index is 5.26. The highest BCUT2D eigenvalue weighted by Gasteiger charge is 2.02. The summed E-state index contributed by atoms with van der Waals surface area (Å²) in [6.45, 7) is 4.01. The summed E-state index contributed by atoms with van der Waals surface area (Å²) < 4.78 is 5.26. The SMILES string of the molecule is CNC(C)CCCCSc1nnc(C)o1. The van der Waals surface area contributed by atoms with Crippen LogP contribution in [0, 0.1) is 6.92 Å². The smallest absolute Gasteiger partial charge is 0.276 e. The number of rotatable bonds is 7. The molecule has 1 rings (SSSR count). The number of nitrogens with one attached hydrogen (secondary N) is 1. The maximum absolute atomic E-state index is 5.26. The first kappa shape index (κ1) is 12.5. The quantitative estimate of drug-likeness (QED) is 0.574. The number of nitrogens with zero attached hydrogens (tertiary/aromatic N) is 2. The second-order valence-electron chi connectivity index (χ2n) is 3.62. The van der Waals surface area contributed by atoms with Gasteiger partial charge in [-0.25, -0.2) is 0 Å². The molecule has 0 aliphatic carbocycles. The van der Waals surface area contributed by atoms with Crippen molar-refractivity contribution in [2.24, 2.45) is 0 Å². The van der Waals surface area contributed by atoms with Crippen molar-refractivity contribution in [1.29, 1.82) is 0 Å². The summed E-state index contributed by atoms with van der Waals surface area (Å²) in [6.07, 6.45) is 3.65. The zero-order valence-electron chi connectivity index (χ0n) is 9.62. The van der Waals surface area contributed by atoms with Gasteiger partial charge in [0.2, 0.25) is 5.89 Å². The predicted octanol–water partition coefficient (Wildman–Crippen LogP) is 2.25. The summed E-state index contributed by atoms with van der Waals surface area (Å²) >= 11 is 1.64. The molecule has 0 saturated heterocycles. The average molecular weight is 229 g/mol. The van der Waals surface area contributed by atoms with E-state index in [2.05, 4.69) is 22.4 Å². The van der Waals surface area contributed by atoms with Crippen LogP contribution in [-0.2, 0) is 0 Å². The van der Waals surface area contributed by atoms with E-state index in [0.29, 0.717) is 17.2 Å². The Morgan fingerprint density at radius 3 is 2.80 bits per heavy atom. The van der Waals surface area contributed by atoms with E-state index in [1.54, 1.807) is 11.8 Å². The lowest BCUT2D eigenvalue weighted by Crippen LogP contribution is -2.20. The van der Waals surface area contributed by atoms with E-state index in [4.69, 9.17) is 4.42 Å². The summed E-state index contributed by atoms with van der Waals surface area (Å²) in [5, 5.41) is 11.6. The van der Waals surface area contributed by atoms with Crippen LogP contribution in [0.5, 0.6) is 0 Å². The number of aromatic nitrogens is 2. The fraction of sp³-hybridized carbons (Fsp3) is 0.800. The van der Waals surface area contributed by atoms with E-state index >= 15 is 0 Å².